The van der Waals surface area contributed by atoms with E-state index >= 15 is 0 Å². The van der Waals surface area contributed by atoms with Crippen LogP contribution in [0.2, 0.25) is 0 Å². The first kappa shape index (κ1) is 14.4. The number of nitrogens with zero attached hydrogens (tertiary/aromatic N) is 2. The minimum atomic E-state index is -6.00. The summed E-state index contributed by atoms with van der Waals surface area (Å²) in [5.74, 6) is 0. The lowest BCUT2D eigenvalue weighted by molar-refractivity contribution is 0.368. The summed E-state index contributed by atoms with van der Waals surface area (Å²) in [7, 11) is -6.00. The standard InChI is InChI=1S/C8H10N3.BF4/c9-6-5-7-1-3-8(11-10)4-2-7;2-1(3,4)5/h1-4H,5-6,9H2;/q+1;-1. The molecule has 16 heavy (non-hydrogen) atoms. The van der Waals surface area contributed by atoms with Crippen molar-refractivity contribution in [1.82, 2.24) is 0 Å². The van der Waals surface area contributed by atoms with Gasteiger partial charge in [-0.1, -0.05) is 12.1 Å². The summed E-state index contributed by atoms with van der Waals surface area (Å²) in [6, 6.07) is 7.32. The van der Waals surface area contributed by atoms with E-state index in [-0.39, 0.29) is 0 Å². The van der Waals surface area contributed by atoms with Gasteiger partial charge in [-0.25, -0.2) is 0 Å². The van der Waals surface area contributed by atoms with Crippen molar-refractivity contribution >= 4 is 12.9 Å². The second-order valence-electron chi connectivity index (χ2n) is 2.80. The molecule has 88 valence electrons. The first-order chi connectivity index (χ1) is 7.36. The fourth-order valence-electron chi connectivity index (χ4n) is 0.896. The van der Waals surface area contributed by atoms with E-state index in [1.54, 1.807) is 12.1 Å². The average molecular weight is 235 g/mol. The smallest absolute Gasteiger partial charge is 0.418 e. The summed E-state index contributed by atoms with van der Waals surface area (Å²) >= 11 is 0. The molecule has 1 rings (SSSR count). The Bertz CT molecular complexity index is 338. The predicted octanol–water partition coefficient (Wildman–Crippen LogP) is 2.97. The van der Waals surface area contributed by atoms with Gasteiger partial charge in [-0.15, -0.1) is 0 Å². The van der Waals surface area contributed by atoms with Crippen LogP contribution in [0.15, 0.2) is 24.3 Å². The fraction of sp³-hybridized carbons (Fsp3) is 0.250. The van der Waals surface area contributed by atoms with E-state index in [1.165, 1.54) is 5.56 Å². The van der Waals surface area contributed by atoms with Crippen LogP contribution in [0.3, 0.4) is 0 Å². The topological polar surface area (TPSA) is 54.2 Å². The van der Waals surface area contributed by atoms with Crippen LogP contribution in [-0.2, 0) is 6.42 Å². The van der Waals surface area contributed by atoms with Gasteiger partial charge < -0.3 is 23.0 Å². The van der Waals surface area contributed by atoms with Crippen LogP contribution in [0.25, 0.3) is 4.98 Å². The molecular formula is C8H10BF4N3. The van der Waals surface area contributed by atoms with Gasteiger partial charge in [0.1, 0.15) is 0 Å². The monoisotopic (exact) mass is 235 g/mol. The van der Waals surface area contributed by atoms with Crippen LogP contribution in [0.1, 0.15) is 5.56 Å². The number of hydrogen-bond donors (Lipinski definition) is 1. The third kappa shape index (κ3) is 8.96. The van der Waals surface area contributed by atoms with Crippen LogP contribution in [0.4, 0.5) is 23.0 Å². The summed E-state index contributed by atoms with van der Waals surface area (Å²) in [6.45, 7) is 0.648. The molecule has 0 amide bonds. The van der Waals surface area contributed by atoms with Crippen molar-refractivity contribution in [2.24, 2.45) is 5.73 Å². The van der Waals surface area contributed by atoms with Crippen molar-refractivity contribution < 1.29 is 17.3 Å². The maximum Gasteiger partial charge on any atom is 0.673 e. The zero-order chi connectivity index (χ0) is 12.6. The van der Waals surface area contributed by atoms with Crippen LogP contribution in [0.5, 0.6) is 0 Å². The molecule has 3 nitrogen and oxygen atoms in total. The maximum absolute atomic E-state index is 9.75. The summed E-state index contributed by atoms with van der Waals surface area (Å²) in [5.41, 5.74) is 7.10. The molecule has 0 radical (unpaired) electrons. The second-order valence-corrected chi connectivity index (χ2v) is 2.80. The number of diazo groups is 1. The molecule has 1 aromatic rings. The summed E-state index contributed by atoms with van der Waals surface area (Å²) in [6.07, 6.45) is 0.867. The molecule has 0 bridgehead atoms. The van der Waals surface area contributed by atoms with E-state index in [0.717, 1.165) is 6.42 Å². The van der Waals surface area contributed by atoms with E-state index in [0.29, 0.717) is 12.2 Å². The van der Waals surface area contributed by atoms with Crippen LogP contribution in [-0.4, -0.2) is 13.8 Å². The normalized spacial score (nSPS) is 10.0. The van der Waals surface area contributed by atoms with E-state index < -0.39 is 7.25 Å². The zero-order valence-corrected chi connectivity index (χ0v) is 8.28. The first-order valence-corrected chi connectivity index (χ1v) is 4.38. The van der Waals surface area contributed by atoms with Gasteiger partial charge >= 0.3 is 12.9 Å². The SMILES string of the molecule is F[B-](F)(F)F.N#[N+]c1ccc(CCN)cc1. The lowest BCUT2D eigenvalue weighted by atomic mass is 10.1. The Hall–Kier alpha value is -1.62. The molecule has 0 saturated carbocycles. The number of hydrogen-bond acceptors (Lipinski definition) is 2. The third-order valence-corrected chi connectivity index (χ3v) is 1.48. The van der Waals surface area contributed by atoms with Crippen molar-refractivity contribution in [2.45, 2.75) is 6.42 Å². The summed E-state index contributed by atoms with van der Waals surface area (Å²) < 4.78 is 39.0. The highest BCUT2D eigenvalue weighted by Crippen LogP contribution is 2.12. The molecule has 0 aliphatic carbocycles. The van der Waals surface area contributed by atoms with Crippen molar-refractivity contribution in [2.75, 3.05) is 6.54 Å². The lowest BCUT2D eigenvalue weighted by Gasteiger charge is -1.94. The Balaban J connectivity index is 0.000000385. The number of rotatable bonds is 2. The van der Waals surface area contributed by atoms with Gasteiger partial charge in [0.05, 0.1) is 0 Å². The largest absolute Gasteiger partial charge is 0.673 e. The fourth-order valence-corrected chi connectivity index (χ4v) is 0.896. The molecule has 0 saturated heterocycles. The van der Waals surface area contributed by atoms with E-state index in [1.807, 2.05) is 12.1 Å². The quantitative estimate of drug-likeness (QED) is 0.486. The average Bonchev–Trinajstić information content (AvgIpc) is 2.17. The third-order valence-electron chi connectivity index (χ3n) is 1.48. The molecule has 0 heterocycles. The van der Waals surface area contributed by atoms with Crippen molar-refractivity contribution in [3.05, 3.63) is 34.8 Å². The minimum absolute atomic E-state index is 0.575. The molecule has 2 N–H and O–H groups in total. The molecule has 0 atom stereocenters. The number of halogens is 4. The predicted molar refractivity (Wildman–Crippen MR) is 54.1 cm³/mol. The highest BCUT2D eigenvalue weighted by molar-refractivity contribution is 6.50. The highest BCUT2D eigenvalue weighted by Gasteiger charge is 2.20. The molecule has 1 aromatic carbocycles. The molecule has 0 aliphatic heterocycles. The van der Waals surface area contributed by atoms with Gasteiger partial charge in [-0.2, -0.15) is 0 Å². The Morgan fingerprint density at radius 1 is 1.12 bits per heavy atom. The molecule has 0 aromatic heterocycles. The Morgan fingerprint density at radius 3 is 1.88 bits per heavy atom. The minimum Gasteiger partial charge on any atom is -0.418 e. The van der Waals surface area contributed by atoms with Gasteiger partial charge in [-0.3, -0.25) is 0 Å². The first-order valence-electron chi connectivity index (χ1n) is 4.38. The molecule has 0 fully saturated rings. The molecule has 8 heteroatoms. The zero-order valence-electron chi connectivity index (χ0n) is 8.28. The van der Waals surface area contributed by atoms with Crippen LogP contribution < -0.4 is 5.73 Å². The van der Waals surface area contributed by atoms with Gasteiger partial charge in [0.25, 0.3) is 0 Å². The van der Waals surface area contributed by atoms with E-state index in [2.05, 4.69) is 4.98 Å². The summed E-state index contributed by atoms with van der Waals surface area (Å²) in [5, 5.41) is 8.36. The van der Waals surface area contributed by atoms with E-state index in [9.17, 15) is 17.3 Å². The maximum atomic E-state index is 9.75. The van der Waals surface area contributed by atoms with Gasteiger partial charge in [0.15, 0.2) is 4.98 Å². The van der Waals surface area contributed by atoms with Gasteiger partial charge in [0.2, 0.25) is 5.39 Å². The highest BCUT2D eigenvalue weighted by atomic mass is 19.5. The molecule has 0 aliphatic rings. The number of benzene rings is 1. The second kappa shape index (κ2) is 6.79. The van der Waals surface area contributed by atoms with Crippen LogP contribution >= 0.6 is 0 Å². The van der Waals surface area contributed by atoms with Gasteiger partial charge in [-0.05, 0) is 18.5 Å². The molecular weight excluding hydrogens is 225 g/mol. The van der Waals surface area contributed by atoms with Crippen LogP contribution in [0, 0.1) is 5.39 Å². The molecule has 0 spiro atoms. The Labute approximate surface area is 90.0 Å². The van der Waals surface area contributed by atoms with Gasteiger partial charge in [0, 0.05) is 12.1 Å². The van der Waals surface area contributed by atoms with Crippen molar-refractivity contribution in [1.29, 1.82) is 5.39 Å². The Kier molecular flexibility index (Phi) is 6.11. The lowest BCUT2D eigenvalue weighted by Crippen LogP contribution is -2.02. The van der Waals surface area contributed by atoms with Crippen molar-refractivity contribution in [3.8, 4) is 0 Å². The molecule has 0 unspecified atom stereocenters. The van der Waals surface area contributed by atoms with Crippen molar-refractivity contribution in [3.63, 3.8) is 0 Å². The summed E-state index contributed by atoms with van der Waals surface area (Å²) in [4.78, 5) is 3.04. The van der Waals surface area contributed by atoms with E-state index in [4.69, 9.17) is 11.1 Å². The Morgan fingerprint density at radius 2 is 1.56 bits per heavy atom. The number of nitrogens with two attached hydrogens (primary N) is 1.